The van der Waals surface area contributed by atoms with E-state index in [2.05, 4.69) is 66.5 Å². The van der Waals surface area contributed by atoms with E-state index in [1.165, 1.54) is 3.57 Å². The van der Waals surface area contributed by atoms with Gasteiger partial charge in [0.05, 0.1) is 0 Å². The van der Waals surface area contributed by atoms with Gasteiger partial charge in [-0.2, -0.15) is 0 Å². The number of hydrogen-bond donors (Lipinski definition) is 0. The van der Waals surface area contributed by atoms with Crippen LogP contribution in [0.3, 0.4) is 0 Å². The fourth-order valence-corrected chi connectivity index (χ4v) is 6.71. The second kappa shape index (κ2) is 6.64. The minimum absolute atomic E-state index is 0.110. The first-order valence-corrected chi connectivity index (χ1v) is 20.4. The molecule has 0 bridgehead atoms. The number of benzene rings is 1. The van der Waals surface area contributed by atoms with E-state index in [0.717, 1.165) is 23.4 Å². The Morgan fingerprint density at radius 3 is 2.90 bits per heavy atom. The molecule has 2 atom stereocenters. The van der Waals surface area contributed by atoms with Crippen molar-refractivity contribution >= 4 is 72.6 Å². The Bertz CT molecular complexity index is 652. The van der Waals surface area contributed by atoms with Crippen LogP contribution in [0.5, 0.6) is 5.75 Å². The van der Waals surface area contributed by atoms with Crippen LogP contribution < -0.4 is 4.74 Å². The van der Waals surface area contributed by atoms with E-state index in [0.29, 0.717) is 0 Å². The van der Waals surface area contributed by atoms with Crippen molar-refractivity contribution in [3.05, 3.63) is 45.6 Å². The summed E-state index contributed by atoms with van der Waals surface area (Å²) in [6, 6.07) is 6.38. The van der Waals surface area contributed by atoms with Gasteiger partial charge in [-0.15, -0.1) is 0 Å². The topological polar surface area (TPSA) is 21.6 Å². The van der Waals surface area contributed by atoms with E-state index in [4.69, 9.17) is 16.3 Å². The molecule has 2 unspecified atom stereocenters. The average molecular weight is 639 g/mol. The van der Waals surface area contributed by atoms with Crippen molar-refractivity contribution in [2.24, 2.45) is 4.99 Å². The van der Waals surface area contributed by atoms with Gasteiger partial charge < -0.3 is 0 Å². The molecule has 0 saturated heterocycles. The molecular weight excluding hydrogens is 626 g/mol. The fourth-order valence-electron chi connectivity index (χ4n) is 2.18. The normalized spacial score (nSPS) is 27.7. The molecule has 1 aromatic carbocycles. The average Bonchev–Trinajstić information content (AvgIpc) is 2.46. The second-order valence-corrected chi connectivity index (χ2v) is 29.8. The number of halogens is 4. The molecular formula is C15H13ClI3NO. The van der Waals surface area contributed by atoms with Gasteiger partial charge in [0.2, 0.25) is 0 Å². The van der Waals surface area contributed by atoms with E-state index in [1.54, 1.807) is 0 Å². The Kier molecular flexibility index (Phi) is 5.22. The molecule has 2 nitrogen and oxygen atoms in total. The first-order chi connectivity index (χ1) is 9.94. The van der Waals surface area contributed by atoms with Crippen LogP contribution in [0.15, 0.2) is 47.0 Å². The second-order valence-electron chi connectivity index (χ2n) is 5.15. The van der Waals surface area contributed by atoms with Crippen LogP contribution in [-0.2, 0) is 0 Å². The number of fused-ring (bicyclic) bond motifs is 1. The van der Waals surface area contributed by atoms with Crippen molar-refractivity contribution in [3.8, 4) is 5.75 Å². The van der Waals surface area contributed by atoms with E-state index < -0.39 is 11.9 Å². The third-order valence-electron chi connectivity index (χ3n) is 3.38. The van der Waals surface area contributed by atoms with Crippen LogP contribution in [-0.4, -0.2) is 17.2 Å². The molecule has 0 spiro atoms. The fraction of sp³-hybridized carbons (Fsp3) is 0.267. The van der Waals surface area contributed by atoms with Crippen molar-refractivity contribution in [3.63, 3.8) is 0 Å². The van der Waals surface area contributed by atoms with Crippen molar-refractivity contribution < 1.29 is 4.74 Å². The Hall–Kier alpha value is 0.650. The number of rotatable bonds is 2. The summed E-state index contributed by atoms with van der Waals surface area (Å²) in [4.78, 5) is 4.31. The summed E-state index contributed by atoms with van der Waals surface area (Å²) in [7, 11) is 0. The van der Waals surface area contributed by atoms with Gasteiger partial charge in [-0.25, -0.2) is 0 Å². The third kappa shape index (κ3) is 3.95. The first kappa shape index (κ1) is 16.5. The molecule has 0 radical (unpaired) electrons. The zero-order valence-electron chi connectivity index (χ0n) is 11.2. The van der Waals surface area contributed by atoms with Crippen LogP contribution in [0.2, 0.25) is 0 Å². The molecule has 21 heavy (non-hydrogen) atoms. The van der Waals surface area contributed by atoms with Crippen LogP contribution in [0.1, 0.15) is 13.3 Å². The monoisotopic (exact) mass is 639 g/mol. The Morgan fingerprint density at radius 2 is 2.24 bits per heavy atom. The molecule has 3 rings (SSSR count). The molecule has 0 amide bonds. The van der Waals surface area contributed by atoms with Gasteiger partial charge in [0.15, 0.2) is 0 Å². The predicted molar refractivity (Wildman–Crippen MR) is 116 cm³/mol. The van der Waals surface area contributed by atoms with Crippen molar-refractivity contribution in [1.29, 1.82) is 0 Å². The maximum absolute atomic E-state index is 6.30. The van der Waals surface area contributed by atoms with Gasteiger partial charge in [0, 0.05) is 0 Å². The van der Waals surface area contributed by atoms with E-state index in [1.807, 2.05) is 25.3 Å². The summed E-state index contributed by atoms with van der Waals surface area (Å²) in [5, 5.41) is 0. The van der Waals surface area contributed by atoms with Gasteiger partial charge in [-0.05, 0) is 0 Å². The summed E-state index contributed by atoms with van der Waals surface area (Å²) in [5.41, 5.74) is 2.07. The third-order valence-corrected chi connectivity index (χ3v) is 11.6. The molecule has 1 aromatic rings. The first-order valence-electron chi connectivity index (χ1n) is 6.41. The van der Waals surface area contributed by atoms with E-state index >= 15 is 0 Å². The van der Waals surface area contributed by atoms with Crippen LogP contribution in [0.25, 0.3) is 0 Å². The summed E-state index contributed by atoms with van der Waals surface area (Å²) in [6.45, 7) is 2.01. The van der Waals surface area contributed by atoms with Crippen LogP contribution in [0.4, 0.5) is 5.69 Å². The van der Waals surface area contributed by atoms with Crippen molar-refractivity contribution in [2.45, 2.75) is 24.3 Å². The van der Waals surface area contributed by atoms with E-state index in [9.17, 15) is 0 Å². The molecule has 0 saturated carbocycles. The molecule has 0 N–H and O–H groups in total. The Labute approximate surface area is 156 Å². The van der Waals surface area contributed by atoms with Crippen molar-refractivity contribution in [2.75, 3.05) is 0 Å². The maximum atomic E-state index is 6.30. The summed E-state index contributed by atoms with van der Waals surface area (Å²) < 4.78 is 7.49. The number of nitrogens with zero attached hydrogens (tertiary/aromatic N) is 1. The molecule has 0 aromatic heterocycles. The standard InChI is InChI=1S/C15H13ClI3NO/c1-15(16)6-4-10(5-7-15)14-9-20-12-8-11(19(17)18)2-3-13(12)21-14/h2-6,8-9,14H,7H2,1H3. The number of aliphatic imine (C=N–C) groups is 1. The number of alkyl halides is 1. The van der Waals surface area contributed by atoms with Gasteiger partial charge >= 0.3 is 158 Å². The minimum atomic E-state index is -1.03. The van der Waals surface area contributed by atoms with Gasteiger partial charge in [-0.1, -0.05) is 0 Å². The number of allylic oxidation sites excluding steroid dienone is 2. The van der Waals surface area contributed by atoms with E-state index in [-0.39, 0.29) is 11.0 Å². The van der Waals surface area contributed by atoms with Gasteiger partial charge in [0.1, 0.15) is 0 Å². The molecule has 1 aliphatic heterocycles. The molecule has 6 heteroatoms. The van der Waals surface area contributed by atoms with Crippen LogP contribution in [0, 0.1) is 3.57 Å². The number of ether oxygens (including phenoxy) is 1. The summed E-state index contributed by atoms with van der Waals surface area (Å²) >= 11 is 10.4. The van der Waals surface area contributed by atoms with Gasteiger partial charge in [-0.3, -0.25) is 0 Å². The zero-order valence-corrected chi connectivity index (χ0v) is 18.4. The summed E-state index contributed by atoms with van der Waals surface area (Å²) in [6.07, 6.45) is 8.81. The predicted octanol–water partition coefficient (Wildman–Crippen LogP) is 6.41. The van der Waals surface area contributed by atoms with Crippen molar-refractivity contribution in [1.82, 2.24) is 0 Å². The van der Waals surface area contributed by atoms with Gasteiger partial charge in [0.25, 0.3) is 0 Å². The molecule has 2 aliphatic rings. The quantitative estimate of drug-likeness (QED) is 0.271. The molecule has 1 aliphatic carbocycles. The summed E-state index contributed by atoms with van der Waals surface area (Å²) in [5.74, 6) is 0.866. The molecule has 0 fully saturated rings. The zero-order chi connectivity index (χ0) is 15.0. The Morgan fingerprint density at radius 1 is 1.43 bits per heavy atom. The molecule has 1 heterocycles. The number of hydrogen-bond acceptors (Lipinski definition) is 2. The van der Waals surface area contributed by atoms with Crippen LogP contribution >= 0.6 is 60.7 Å². The molecule has 112 valence electrons. The Balaban J connectivity index is 1.81. The SMILES string of the molecule is CC1(Cl)C=CC(C2C=Nc3cc(I(I)I)ccc3O2)=CC1.